The summed E-state index contributed by atoms with van der Waals surface area (Å²) in [4.78, 5) is 9.13. The molecule has 5 heteroatoms. The minimum absolute atomic E-state index is 0.179. The van der Waals surface area contributed by atoms with Gasteiger partial charge in [0.25, 0.3) is 0 Å². The topological polar surface area (TPSA) is 52.8 Å². The van der Waals surface area contributed by atoms with Crippen LogP contribution in [-0.2, 0) is 11.3 Å². The largest absolute Gasteiger partial charge is 0.381 e. The highest BCUT2D eigenvalue weighted by atomic mass is 16.5. The zero-order chi connectivity index (χ0) is 15.0. The van der Waals surface area contributed by atoms with Crippen molar-refractivity contribution in [1.82, 2.24) is 19.7 Å². The van der Waals surface area contributed by atoms with E-state index in [1.807, 2.05) is 47.5 Å². The fourth-order valence-corrected chi connectivity index (χ4v) is 2.90. The van der Waals surface area contributed by atoms with Gasteiger partial charge in [-0.3, -0.25) is 9.67 Å². The summed E-state index contributed by atoms with van der Waals surface area (Å²) in [6, 6.07) is 7.90. The van der Waals surface area contributed by atoms with Crippen LogP contribution < -0.4 is 0 Å². The summed E-state index contributed by atoms with van der Waals surface area (Å²) in [5, 5.41) is 4.47. The van der Waals surface area contributed by atoms with Crippen LogP contribution in [0.4, 0.5) is 0 Å². The molecule has 5 nitrogen and oxygen atoms in total. The molecule has 1 fully saturated rings. The first kappa shape index (κ1) is 13.4. The Labute approximate surface area is 129 Å². The molecule has 1 aromatic carbocycles. The second-order valence-corrected chi connectivity index (χ2v) is 6.28. The van der Waals surface area contributed by atoms with E-state index in [-0.39, 0.29) is 5.41 Å². The van der Waals surface area contributed by atoms with E-state index in [0.29, 0.717) is 0 Å². The molecule has 1 saturated heterocycles. The smallest absolute Gasteiger partial charge is 0.0924 e. The molecule has 3 heterocycles. The van der Waals surface area contributed by atoms with Gasteiger partial charge in [0.1, 0.15) is 0 Å². The number of hydrogen-bond donors (Lipinski definition) is 0. The number of hydrogen-bond acceptors (Lipinski definition) is 4. The third kappa shape index (κ3) is 2.48. The fraction of sp³-hybridized carbons (Fsp3) is 0.353. The summed E-state index contributed by atoms with van der Waals surface area (Å²) in [7, 11) is 0. The highest BCUT2D eigenvalue weighted by Crippen LogP contribution is 2.30. The summed E-state index contributed by atoms with van der Waals surface area (Å²) in [5.74, 6) is 0. The van der Waals surface area contributed by atoms with Crippen LogP contribution in [0, 0.1) is 5.41 Å². The molecule has 4 rings (SSSR count). The first-order valence-electron chi connectivity index (χ1n) is 7.54. The lowest BCUT2D eigenvalue weighted by molar-refractivity contribution is 0.147. The number of benzene rings is 1. The third-order valence-corrected chi connectivity index (χ3v) is 4.22. The second kappa shape index (κ2) is 5.18. The van der Waals surface area contributed by atoms with Crippen LogP contribution in [0.15, 0.2) is 42.9 Å². The van der Waals surface area contributed by atoms with Gasteiger partial charge in [0.2, 0.25) is 0 Å². The molecule has 0 radical (unpaired) electrons. The molecule has 0 amide bonds. The number of aromatic nitrogens is 4. The quantitative estimate of drug-likeness (QED) is 0.745. The van der Waals surface area contributed by atoms with Crippen molar-refractivity contribution in [3.8, 4) is 11.3 Å². The zero-order valence-electron chi connectivity index (χ0n) is 12.6. The van der Waals surface area contributed by atoms with Crippen molar-refractivity contribution in [2.75, 3.05) is 13.2 Å². The van der Waals surface area contributed by atoms with Crippen molar-refractivity contribution in [1.29, 1.82) is 0 Å². The van der Waals surface area contributed by atoms with Gasteiger partial charge in [-0.25, -0.2) is 4.98 Å². The summed E-state index contributed by atoms with van der Waals surface area (Å²) in [5.41, 5.74) is 3.86. The maximum atomic E-state index is 5.51. The molecule has 0 bridgehead atoms. The van der Waals surface area contributed by atoms with Gasteiger partial charge in [0.05, 0.1) is 35.7 Å². The van der Waals surface area contributed by atoms with E-state index in [1.54, 1.807) is 0 Å². The van der Waals surface area contributed by atoms with Crippen molar-refractivity contribution in [3.63, 3.8) is 0 Å². The van der Waals surface area contributed by atoms with Crippen molar-refractivity contribution in [3.05, 3.63) is 42.9 Å². The molecule has 22 heavy (non-hydrogen) atoms. The van der Waals surface area contributed by atoms with E-state index >= 15 is 0 Å². The molecule has 1 atom stereocenters. The maximum absolute atomic E-state index is 5.51. The normalized spacial score (nSPS) is 21.5. The lowest BCUT2D eigenvalue weighted by atomic mass is 9.90. The van der Waals surface area contributed by atoms with Gasteiger partial charge in [-0.2, -0.15) is 5.10 Å². The number of nitrogens with zero attached hydrogens (tertiary/aromatic N) is 4. The Morgan fingerprint density at radius 1 is 1.23 bits per heavy atom. The maximum Gasteiger partial charge on any atom is 0.0924 e. The lowest BCUT2D eigenvalue weighted by Gasteiger charge is -2.21. The van der Waals surface area contributed by atoms with E-state index in [9.17, 15) is 0 Å². The summed E-state index contributed by atoms with van der Waals surface area (Å²) < 4.78 is 7.50. The standard InChI is InChI=1S/C17H18N4O/c1-17(6-7-22-12-17)11-21-10-13(8-19-21)16-9-18-14-4-2-3-5-15(14)20-16/h2-5,8-10H,6-7,11-12H2,1H3. The molecular formula is C17H18N4O. The zero-order valence-corrected chi connectivity index (χ0v) is 12.6. The summed E-state index contributed by atoms with van der Waals surface area (Å²) in [6.07, 6.45) is 6.79. The Morgan fingerprint density at radius 2 is 2.09 bits per heavy atom. The van der Waals surface area contributed by atoms with Gasteiger partial charge in [-0.15, -0.1) is 0 Å². The van der Waals surface area contributed by atoms with Gasteiger partial charge < -0.3 is 4.74 Å². The van der Waals surface area contributed by atoms with Gasteiger partial charge >= 0.3 is 0 Å². The average Bonchev–Trinajstić information content (AvgIpc) is 3.16. The molecule has 1 unspecified atom stereocenters. The lowest BCUT2D eigenvalue weighted by Crippen LogP contribution is -2.23. The van der Waals surface area contributed by atoms with Crippen LogP contribution in [0.1, 0.15) is 13.3 Å². The van der Waals surface area contributed by atoms with Gasteiger partial charge in [0, 0.05) is 30.3 Å². The third-order valence-electron chi connectivity index (χ3n) is 4.22. The second-order valence-electron chi connectivity index (χ2n) is 6.28. The molecule has 112 valence electrons. The Balaban J connectivity index is 1.62. The number of fused-ring (bicyclic) bond motifs is 1. The predicted molar refractivity (Wildman–Crippen MR) is 84.3 cm³/mol. The SMILES string of the molecule is CC1(Cn2cc(-c3cnc4ccccc4n3)cn2)CCOC1. The molecule has 2 aromatic heterocycles. The van der Waals surface area contributed by atoms with Crippen LogP contribution in [0.25, 0.3) is 22.3 Å². The Bertz CT molecular complexity index is 805. The van der Waals surface area contributed by atoms with E-state index in [4.69, 9.17) is 4.74 Å². The fourth-order valence-electron chi connectivity index (χ4n) is 2.90. The minimum atomic E-state index is 0.179. The van der Waals surface area contributed by atoms with Gasteiger partial charge in [0.15, 0.2) is 0 Å². The number of rotatable bonds is 3. The number of para-hydroxylation sites is 2. The molecule has 0 aliphatic carbocycles. The highest BCUT2D eigenvalue weighted by molar-refractivity contribution is 5.76. The van der Waals surface area contributed by atoms with E-state index in [1.165, 1.54) is 0 Å². The molecule has 0 N–H and O–H groups in total. The van der Waals surface area contributed by atoms with Crippen LogP contribution >= 0.6 is 0 Å². The Morgan fingerprint density at radius 3 is 2.91 bits per heavy atom. The molecule has 0 saturated carbocycles. The molecule has 1 aliphatic rings. The van der Waals surface area contributed by atoms with E-state index in [2.05, 4.69) is 22.0 Å². The van der Waals surface area contributed by atoms with Crippen LogP contribution in [-0.4, -0.2) is 33.0 Å². The summed E-state index contributed by atoms with van der Waals surface area (Å²) >= 11 is 0. The molecule has 3 aromatic rings. The van der Waals surface area contributed by atoms with Gasteiger partial charge in [-0.05, 0) is 18.6 Å². The van der Waals surface area contributed by atoms with Crippen molar-refractivity contribution in [2.24, 2.45) is 5.41 Å². The molecular weight excluding hydrogens is 276 g/mol. The van der Waals surface area contributed by atoms with Crippen molar-refractivity contribution < 1.29 is 4.74 Å². The minimum Gasteiger partial charge on any atom is -0.381 e. The summed E-state index contributed by atoms with van der Waals surface area (Å²) in [6.45, 7) is 4.77. The Kier molecular flexibility index (Phi) is 3.15. The van der Waals surface area contributed by atoms with Crippen molar-refractivity contribution in [2.45, 2.75) is 19.9 Å². The van der Waals surface area contributed by atoms with Crippen LogP contribution in [0.3, 0.4) is 0 Å². The van der Waals surface area contributed by atoms with E-state index in [0.717, 1.165) is 48.5 Å². The van der Waals surface area contributed by atoms with E-state index < -0.39 is 0 Å². The first-order chi connectivity index (χ1) is 10.7. The highest BCUT2D eigenvalue weighted by Gasteiger charge is 2.30. The molecule has 1 aliphatic heterocycles. The predicted octanol–water partition coefficient (Wildman–Crippen LogP) is 2.92. The van der Waals surface area contributed by atoms with Gasteiger partial charge in [-0.1, -0.05) is 19.1 Å². The number of ether oxygens (including phenoxy) is 1. The first-order valence-corrected chi connectivity index (χ1v) is 7.54. The van der Waals surface area contributed by atoms with Crippen LogP contribution in [0.5, 0.6) is 0 Å². The van der Waals surface area contributed by atoms with Crippen molar-refractivity contribution >= 4 is 11.0 Å². The Hall–Kier alpha value is -2.27. The monoisotopic (exact) mass is 294 g/mol. The van der Waals surface area contributed by atoms with Crippen LogP contribution in [0.2, 0.25) is 0 Å². The molecule has 0 spiro atoms. The average molecular weight is 294 g/mol.